The summed E-state index contributed by atoms with van der Waals surface area (Å²) in [7, 11) is 1.32. The summed E-state index contributed by atoms with van der Waals surface area (Å²) in [6.07, 6.45) is 0.0710. The maximum absolute atomic E-state index is 13.6. The number of carboxylic acid groups (broad SMARTS) is 1. The van der Waals surface area contributed by atoms with Gasteiger partial charge in [0.05, 0.1) is 7.11 Å². The molecule has 17 heavy (non-hydrogen) atoms. The lowest BCUT2D eigenvalue weighted by atomic mass is 9.95. The predicted molar refractivity (Wildman–Crippen MR) is 58.2 cm³/mol. The lowest BCUT2D eigenvalue weighted by molar-refractivity contribution is -0.137. The summed E-state index contributed by atoms with van der Waals surface area (Å²) in [5.74, 6) is -2.78. The third-order valence-corrected chi connectivity index (χ3v) is 2.57. The second kappa shape index (κ2) is 5.61. The summed E-state index contributed by atoms with van der Waals surface area (Å²) in [5.41, 5.74) is -0.0907. The Morgan fingerprint density at radius 1 is 1.41 bits per heavy atom. The van der Waals surface area contributed by atoms with Gasteiger partial charge < -0.3 is 9.84 Å². The average Bonchev–Trinajstić information content (AvgIpc) is 2.25. The van der Waals surface area contributed by atoms with Crippen LogP contribution in [0.4, 0.5) is 8.78 Å². The Kier molecular flexibility index (Phi) is 4.43. The summed E-state index contributed by atoms with van der Waals surface area (Å²) in [4.78, 5) is 10.4. The SMILES string of the molecule is COc1cc(F)c(C(C)CCC(=O)O)c(F)c1. The van der Waals surface area contributed by atoms with Crippen molar-refractivity contribution < 1.29 is 23.4 Å². The number of ether oxygens (including phenoxy) is 1. The quantitative estimate of drug-likeness (QED) is 0.866. The normalized spacial score (nSPS) is 12.2. The predicted octanol–water partition coefficient (Wildman–Crippen LogP) is 2.94. The number of halogens is 2. The summed E-state index contributed by atoms with van der Waals surface area (Å²) in [6.45, 7) is 1.59. The molecule has 5 heteroatoms. The van der Waals surface area contributed by atoms with Gasteiger partial charge in [0.25, 0.3) is 0 Å². The lowest BCUT2D eigenvalue weighted by Gasteiger charge is -2.13. The molecular weight excluding hydrogens is 230 g/mol. The van der Waals surface area contributed by atoms with Crippen LogP contribution in [-0.2, 0) is 4.79 Å². The van der Waals surface area contributed by atoms with Gasteiger partial charge in [-0.25, -0.2) is 8.78 Å². The van der Waals surface area contributed by atoms with Crippen molar-refractivity contribution in [1.29, 1.82) is 0 Å². The molecule has 0 spiro atoms. The molecule has 3 nitrogen and oxygen atoms in total. The third kappa shape index (κ3) is 3.41. The summed E-state index contributed by atoms with van der Waals surface area (Å²) >= 11 is 0. The molecule has 1 atom stereocenters. The Morgan fingerprint density at radius 3 is 2.35 bits per heavy atom. The molecule has 0 aliphatic heterocycles. The largest absolute Gasteiger partial charge is 0.497 e. The van der Waals surface area contributed by atoms with Crippen molar-refractivity contribution in [3.05, 3.63) is 29.3 Å². The van der Waals surface area contributed by atoms with Crippen molar-refractivity contribution in [2.75, 3.05) is 7.11 Å². The second-order valence-electron chi connectivity index (χ2n) is 3.84. The molecule has 0 aliphatic rings. The summed E-state index contributed by atoms with van der Waals surface area (Å²) in [5, 5.41) is 8.52. The molecule has 0 bridgehead atoms. The first-order valence-electron chi connectivity index (χ1n) is 5.20. The van der Waals surface area contributed by atoms with Crippen molar-refractivity contribution in [2.45, 2.75) is 25.7 Å². The zero-order chi connectivity index (χ0) is 13.0. The lowest BCUT2D eigenvalue weighted by Crippen LogP contribution is -2.05. The van der Waals surface area contributed by atoms with Gasteiger partial charge in [0.1, 0.15) is 17.4 Å². The molecule has 0 saturated carbocycles. The highest BCUT2D eigenvalue weighted by atomic mass is 19.1. The van der Waals surface area contributed by atoms with E-state index in [1.165, 1.54) is 7.11 Å². The number of methoxy groups -OCH3 is 1. The molecule has 1 aromatic rings. The van der Waals surface area contributed by atoms with Crippen LogP contribution in [0, 0.1) is 11.6 Å². The second-order valence-corrected chi connectivity index (χ2v) is 3.84. The van der Waals surface area contributed by atoms with E-state index < -0.39 is 23.5 Å². The van der Waals surface area contributed by atoms with Crippen LogP contribution < -0.4 is 4.74 Å². The topological polar surface area (TPSA) is 46.5 Å². The van der Waals surface area contributed by atoms with Gasteiger partial charge in [-0.05, 0) is 12.3 Å². The summed E-state index contributed by atoms with van der Waals surface area (Å²) < 4.78 is 31.9. The molecule has 1 N–H and O–H groups in total. The van der Waals surface area contributed by atoms with E-state index in [2.05, 4.69) is 0 Å². The van der Waals surface area contributed by atoms with Crippen LogP contribution in [0.25, 0.3) is 0 Å². The van der Waals surface area contributed by atoms with E-state index in [0.717, 1.165) is 12.1 Å². The van der Waals surface area contributed by atoms with Gasteiger partial charge >= 0.3 is 5.97 Å². The Hall–Kier alpha value is -1.65. The summed E-state index contributed by atoms with van der Waals surface area (Å²) in [6, 6.07) is 2.19. The standard InChI is InChI=1S/C12H14F2O3/c1-7(3-4-11(15)16)12-9(13)5-8(17-2)6-10(12)14/h5-7H,3-4H2,1-2H3,(H,15,16). The van der Waals surface area contributed by atoms with Crippen LogP contribution in [0.15, 0.2) is 12.1 Å². The van der Waals surface area contributed by atoms with E-state index >= 15 is 0 Å². The molecular formula is C12H14F2O3. The van der Waals surface area contributed by atoms with Crippen LogP contribution in [0.1, 0.15) is 31.2 Å². The number of rotatable bonds is 5. The smallest absolute Gasteiger partial charge is 0.303 e. The fourth-order valence-electron chi connectivity index (χ4n) is 1.63. The van der Waals surface area contributed by atoms with Gasteiger partial charge in [-0.1, -0.05) is 6.92 Å². The van der Waals surface area contributed by atoms with Gasteiger partial charge in [0.2, 0.25) is 0 Å². The average molecular weight is 244 g/mol. The van der Waals surface area contributed by atoms with Crippen LogP contribution in [-0.4, -0.2) is 18.2 Å². The first-order valence-corrected chi connectivity index (χ1v) is 5.20. The van der Waals surface area contributed by atoms with E-state index in [1.54, 1.807) is 6.92 Å². The van der Waals surface area contributed by atoms with Crippen molar-refractivity contribution >= 4 is 5.97 Å². The minimum absolute atomic E-state index is 0.0907. The van der Waals surface area contributed by atoms with Gasteiger partial charge in [-0.2, -0.15) is 0 Å². The number of hydrogen-bond donors (Lipinski definition) is 1. The highest BCUT2D eigenvalue weighted by molar-refractivity contribution is 5.66. The van der Waals surface area contributed by atoms with E-state index in [9.17, 15) is 13.6 Å². The van der Waals surface area contributed by atoms with E-state index in [4.69, 9.17) is 9.84 Å². The Morgan fingerprint density at radius 2 is 1.94 bits per heavy atom. The minimum atomic E-state index is -0.980. The van der Waals surface area contributed by atoms with Crippen molar-refractivity contribution in [2.24, 2.45) is 0 Å². The number of benzene rings is 1. The molecule has 0 fully saturated rings. The Bertz CT molecular complexity index is 395. The fraction of sp³-hybridized carbons (Fsp3) is 0.417. The number of carboxylic acids is 1. The highest BCUT2D eigenvalue weighted by Crippen LogP contribution is 2.29. The molecule has 1 unspecified atom stereocenters. The molecule has 1 aromatic carbocycles. The molecule has 0 saturated heterocycles. The van der Waals surface area contributed by atoms with E-state index in [1.807, 2.05) is 0 Å². The van der Waals surface area contributed by atoms with Crippen LogP contribution >= 0.6 is 0 Å². The molecule has 0 aliphatic carbocycles. The number of aliphatic carboxylic acids is 1. The van der Waals surface area contributed by atoms with Crippen molar-refractivity contribution in [1.82, 2.24) is 0 Å². The first-order chi connectivity index (χ1) is 7.95. The molecule has 0 heterocycles. The van der Waals surface area contributed by atoms with Crippen LogP contribution in [0.3, 0.4) is 0 Å². The van der Waals surface area contributed by atoms with E-state index in [0.29, 0.717) is 0 Å². The molecule has 0 radical (unpaired) electrons. The maximum Gasteiger partial charge on any atom is 0.303 e. The molecule has 1 rings (SSSR count). The van der Waals surface area contributed by atoms with Gasteiger partial charge in [0, 0.05) is 24.1 Å². The monoisotopic (exact) mass is 244 g/mol. The Balaban J connectivity index is 2.93. The number of carbonyl (C=O) groups is 1. The zero-order valence-corrected chi connectivity index (χ0v) is 9.67. The first kappa shape index (κ1) is 13.4. The molecule has 0 amide bonds. The third-order valence-electron chi connectivity index (χ3n) is 2.57. The minimum Gasteiger partial charge on any atom is -0.497 e. The van der Waals surface area contributed by atoms with Gasteiger partial charge in [-0.15, -0.1) is 0 Å². The van der Waals surface area contributed by atoms with Gasteiger partial charge in [-0.3, -0.25) is 4.79 Å². The fourth-order valence-corrected chi connectivity index (χ4v) is 1.63. The van der Waals surface area contributed by atoms with Crippen LogP contribution in [0.5, 0.6) is 5.75 Å². The maximum atomic E-state index is 13.6. The molecule has 0 aromatic heterocycles. The van der Waals surface area contributed by atoms with Crippen molar-refractivity contribution in [3.8, 4) is 5.75 Å². The molecule has 94 valence electrons. The zero-order valence-electron chi connectivity index (χ0n) is 9.67. The van der Waals surface area contributed by atoms with Crippen LogP contribution in [0.2, 0.25) is 0 Å². The van der Waals surface area contributed by atoms with Gasteiger partial charge in [0.15, 0.2) is 0 Å². The number of hydrogen-bond acceptors (Lipinski definition) is 2. The van der Waals surface area contributed by atoms with Crippen molar-refractivity contribution in [3.63, 3.8) is 0 Å². The van der Waals surface area contributed by atoms with E-state index in [-0.39, 0.29) is 24.2 Å². The highest BCUT2D eigenvalue weighted by Gasteiger charge is 2.18. The Labute approximate surface area is 98.0 Å².